The maximum absolute atomic E-state index is 12.8. The van der Waals surface area contributed by atoms with E-state index in [-0.39, 0.29) is 11.7 Å². The van der Waals surface area contributed by atoms with Gasteiger partial charge in [0.15, 0.2) is 5.17 Å². The van der Waals surface area contributed by atoms with Crippen LogP contribution in [-0.4, -0.2) is 41.8 Å². The molecule has 0 unspecified atom stereocenters. The van der Waals surface area contributed by atoms with E-state index in [9.17, 15) is 14.4 Å². The molecule has 0 heterocycles. The second kappa shape index (κ2) is 15.1. The van der Waals surface area contributed by atoms with Gasteiger partial charge >= 0.3 is 6.09 Å². The van der Waals surface area contributed by atoms with Crippen molar-refractivity contribution in [3.8, 4) is 11.1 Å². The van der Waals surface area contributed by atoms with Crippen LogP contribution in [0.4, 0.5) is 4.79 Å². The number of alkyl carbamates (subject to hydrolysis) is 1. The van der Waals surface area contributed by atoms with E-state index in [1.165, 1.54) is 0 Å². The van der Waals surface area contributed by atoms with Crippen LogP contribution in [0.2, 0.25) is 5.02 Å². The number of rotatable bonds is 9. The summed E-state index contributed by atoms with van der Waals surface area (Å²) in [5, 5.41) is 18.4. The SMILES string of the molecule is C/C(=C\SC(=N)NC(=O)CNC(=O)c1cccc(C(C)(C)CNC(=O)OC(C)(C)C)c1)c1cccc(-c2cccc(Cl)c2)c1. The molecule has 0 atom stereocenters. The second-order valence-corrected chi connectivity index (χ2v) is 13.2. The standard InChI is InChI=1S/C34H39ClN4O4S/c1-22(23-10-7-11-24(16-23)25-12-9-15-28(35)18-25)20-44-31(36)39-29(40)19-37-30(41)26-13-8-14-27(17-26)34(5,6)21-38-32(42)43-33(2,3)4/h7-18,20H,19,21H2,1-6H3,(H,37,41)(H,38,42)(H2,36,39,40)/b22-20+. The van der Waals surface area contributed by atoms with E-state index in [0.29, 0.717) is 17.1 Å². The van der Waals surface area contributed by atoms with E-state index in [1.807, 2.05) is 75.4 Å². The van der Waals surface area contributed by atoms with Gasteiger partial charge in [-0.25, -0.2) is 4.79 Å². The van der Waals surface area contributed by atoms with Crippen molar-refractivity contribution < 1.29 is 19.1 Å². The van der Waals surface area contributed by atoms with Gasteiger partial charge in [-0.2, -0.15) is 0 Å². The minimum atomic E-state index is -0.601. The molecule has 3 rings (SSSR count). The molecule has 0 aliphatic heterocycles. The molecule has 0 saturated carbocycles. The van der Waals surface area contributed by atoms with Gasteiger partial charge < -0.3 is 20.7 Å². The highest BCUT2D eigenvalue weighted by Gasteiger charge is 2.24. The zero-order valence-electron chi connectivity index (χ0n) is 25.8. The van der Waals surface area contributed by atoms with Gasteiger partial charge in [0, 0.05) is 22.5 Å². The Hall–Kier alpha value is -4.08. The van der Waals surface area contributed by atoms with Crippen molar-refractivity contribution in [2.45, 2.75) is 52.6 Å². The lowest BCUT2D eigenvalue weighted by Crippen LogP contribution is -2.40. The van der Waals surface area contributed by atoms with Crippen molar-refractivity contribution in [3.05, 3.63) is 99.9 Å². The summed E-state index contributed by atoms with van der Waals surface area (Å²) in [6.45, 7) is 11.2. The molecule has 3 aromatic carbocycles. The van der Waals surface area contributed by atoms with Gasteiger partial charge in [-0.3, -0.25) is 15.0 Å². The smallest absolute Gasteiger partial charge is 0.407 e. The highest BCUT2D eigenvalue weighted by molar-refractivity contribution is 8.16. The molecule has 4 N–H and O–H groups in total. The van der Waals surface area contributed by atoms with E-state index in [4.69, 9.17) is 21.7 Å². The topological polar surface area (TPSA) is 120 Å². The molecule has 232 valence electrons. The Morgan fingerprint density at radius 1 is 0.886 bits per heavy atom. The summed E-state index contributed by atoms with van der Waals surface area (Å²) in [4.78, 5) is 37.3. The van der Waals surface area contributed by atoms with Crippen LogP contribution >= 0.6 is 23.4 Å². The fourth-order valence-corrected chi connectivity index (χ4v) is 4.87. The number of hydrogen-bond acceptors (Lipinski definition) is 6. The third-order valence-corrected chi connectivity index (χ3v) is 7.52. The molecule has 0 aromatic heterocycles. The maximum Gasteiger partial charge on any atom is 0.407 e. The molecule has 0 aliphatic carbocycles. The third kappa shape index (κ3) is 10.9. The van der Waals surface area contributed by atoms with Crippen LogP contribution in [0.15, 0.2) is 78.2 Å². The van der Waals surface area contributed by atoms with Crippen molar-refractivity contribution in [3.63, 3.8) is 0 Å². The van der Waals surface area contributed by atoms with E-state index < -0.39 is 28.9 Å². The quantitative estimate of drug-likeness (QED) is 0.145. The molecule has 3 amide bonds. The summed E-state index contributed by atoms with van der Waals surface area (Å²) in [5.74, 6) is -0.935. The molecule has 10 heteroatoms. The first kappa shape index (κ1) is 34.4. The summed E-state index contributed by atoms with van der Waals surface area (Å²) in [7, 11) is 0. The van der Waals surface area contributed by atoms with Gasteiger partial charge in [0.25, 0.3) is 5.91 Å². The molecule has 0 aliphatic rings. The van der Waals surface area contributed by atoms with Crippen molar-refractivity contribution in [1.82, 2.24) is 16.0 Å². The van der Waals surface area contributed by atoms with Crippen LogP contribution in [0, 0.1) is 5.41 Å². The Balaban J connectivity index is 1.51. The summed E-state index contributed by atoms with van der Waals surface area (Å²) >= 11 is 7.21. The Kier molecular flexibility index (Phi) is 11.8. The maximum atomic E-state index is 12.8. The minimum absolute atomic E-state index is 0.0594. The molecule has 0 saturated heterocycles. The Morgan fingerprint density at radius 2 is 1.52 bits per heavy atom. The Bertz CT molecular complexity index is 1560. The molecule has 44 heavy (non-hydrogen) atoms. The van der Waals surface area contributed by atoms with Crippen molar-refractivity contribution in [2.75, 3.05) is 13.1 Å². The summed E-state index contributed by atoms with van der Waals surface area (Å²) in [5.41, 5.74) is 4.06. The van der Waals surface area contributed by atoms with Crippen molar-refractivity contribution >= 4 is 52.0 Å². The van der Waals surface area contributed by atoms with Gasteiger partial charge in [-0.1, -0.05) is 79.7 Å². The van der Waals surface area contributed by atoms with Crippen molar-refractivity contribution in [1.29, 1.82) is 5.41 Å². The predicted molar refractivity (Wildman–Crippen MR) is 180 cm³/mol. The summed E-state index contributed by atoms with van der Waals surface area (Å²) in [6.07, 6.45) is -0.511. The molecule has 8 nitrogen and oxygen atoms in total. The number of ether oxygens (including phenoxy) is 1. The van der Waals surface area contributed by atoms with Crippen LogP contribution in [0.25, 0.3) is 16.7 Å². The van der Waals surface area contributed by atoms with Crippen LogP contribution in [0.3, 0.4) is 0 Å². The highest BCUT2D eigenvalue weighted by Crippen LogP contribution is 2.27. The van der Waals surface area contributed by atoms with Gasteiger partial charge in [0.05, 0.1) is 6.54 Å². The summed E-state index contributed by atoms with van der Waals surface area (Å²) in [6, 6.07) is 22.6. The molecule has 3 aromatic rings. The summed E-state index contributed by atoms with van der Waals surface area (Å²) < 4.78 is 5.31. The largest absolute Gasteiger partial charge is 0.444 e. The number of amidine groups is 1. The zero-order valence-corrected chi connectivity index (χ0v) is 27.4. The second-order valence-electron chi connectivity index (χ2n) is 11.9. The number of thioether (sulfide) groups is 1. The third-order valence-electron chi connectivity index (χ3n) is 6.47. The first-order valence-electron chi connectivity index (χ1n) is 14.1. The lowest BCUT2D eigenvalue weighted by molar-refractivity contribution is -0.118. The first-order valence-corrected chi connectivity index (χ1v) is 15.3. The lowest BCUT2D eigenvalue weighted by Gasteiger charge is -2.27. The fraction of sp³-hybridized carbons (Fsp3) is 0.294. The normalized spacial score (nSPS) is 11.8. The number of amides is 3. The number of halogens is 1. The average Bonchev–Trinajstić information content (AvgIpc) is 2.97. The highest BCUT2D eigenvalue weighted by atomic mass is 35.5. The minimum Gasteiger partial charge on any atom is -0.444 e. The van der Waals surface area contributed by atoms with Gasteiger partial charge in [-0.05, 0) is 91.3 Å². The van der Waals surface area contributed by atoms with E-state index in [1.54, 1.807) is 44.4 Å². The number of carbonyl (C=O) groups is 3. The molecule has 0 radical (unpaired) electrons. The molecule has 0 fully saturated rings. The van der Waals surface area contributed by atoms with Crippen molar-refractivity contribution in [2.24, 2.45) is 0 Å². The predicted octanol–water partition coefficient (Wildman–Crippen LogP) is 7.38. The van der Waals surface area contributed by atoms with Crippen LogP contribution < -0.4 is 16.0 Å². The first-order chi connectivity index (χ1) is 20.6. The van der Waals surface area contributed by atoms with Crippen LogP contribution in [0.5, 0.6) is 0 Å². The number of nitrogens with one attached hydrogen (secondary N) is 4. The number of carbonyl (C=O) groups excluding carboxylic acids is 3. The lowest BCUT2D eigenvalue weighted by atomic mass is 9.84. The number of benzene rings is 3. The average molecular weight is 635 g/mol. The zero-order chi connectivity index (χ0) is 32.5. The Morgan fingerprint density at radius 3 is 2.20 bits per heavy atom. The molecular formula is C34H39ClN4O4S. The number of hydrogen-bond donors (Lipinski definition) is 4. The fourth-order valence-electron chi connectivity index (χ4n) is 4.08. The number of allylic oxidation sites excluding steroid dienone is 1. The monoisotopic (exact) mass is 634 g/mol. The van der Waals surface area contributed by atoms with E-state index in [2.05, 4.69) is 16.0 Å². The van der Waals surface area contributed by atoms with Gasteiger partial charge in [0.1, 0.15) is 5.60 Å². The van der Waals surface area contributed by atoms with E-state index in [0.717, 1.165) is 39.6 Å². The molecule has 0 bridgehead atoms. The van der Waals surface area contributed by atoms with Gasteiger partial charge in [0.2, 0.25) is 5.91 Å². The Labute approximate surface area is 268 Å². The molecular weight excluding hydrogens is 596 g/mol. The molecule has 0 spiro atoms. The van der Waals surface area contributed by atoms with Crippen LogP contribution in [-0.2, 0) is 14.9 Å². The van der Waals surface area contributed by atoms with Crippen LogP contribution in [0.1, 0.15) is 63.0 Å². The van der Waals surface area contributed by atoms with E-state index >= 15 is 0 Å². The van der Waals surface area contributed by atoms with Gasteiger partial charge in [-0.15, -0.1) is 0 Å².